The number of nitrogens with one attached hydrogen (secondary N) is 1. The largest absolute Gasteiger partial charge is 0.461 e. The van der Waals surface area contributed by atoms with Gasteiger partial charge in [-0.05, 0) is 25.0 Å². The number of thioether (sulfide) groups is 1. The lowest BCUT2D eigenvalue weighted by atomic mass is 10.4. The topological polar surface area (TPSA) is 73.0 Å². The van der Waals surface area contributed by atoms with E-state index in [4.69, 9.17) is 4.42 Å². The predicted molar refractivity (Wildman–Crippen MR) is 79.8 cm³/mol. The maximum atomic E-state index is 11.7. The van der Waals surface area contributed by atoms with Crippen LogP contribution in [0.2, 0.25) is 0 Å². The molecular weight excluding hydrogens is 288 g/mol. The van der Waals surface area contributed by atoms with Gasteiger partial charge < -0.3 is 9.73 Å². The van der Waals surface area contributed by atoms with E-state index in [-0.39, 0.29) is 5.91 Å². The molecule has 2 aromatic rings. The van der Waals surface area contributed by atoms with Gasteiger partial charge in [-0.25, -0.2) is 0 Å². The van der Waals surface area contributed by atoms with Gasteiger partial charge in [0.25, 0.3) is 0 Å². The lowest BCUT2D eigenvalue weighted by Gasteiger charge is -2.06. The summed E-state index contributed by atoms with van der Waals surface area (Å²) in [5.41, 5.74) is 0. The molecule has 110 valence electrons. The Hall–Kier alpha value is -2.02. The molecule has 1 amide bonds. The van der Waals surface area contributed by atoms with Crippen molar-refractivity contribution in [2.24, 2.45) is 0 Å². The number of carbonyl (C=O) groups is 1. The SMILES string of the molecule is C=CCn1c(SCC(=O)NC2CC2)nnc1-c1ccco1. The van der Waals surface area contributed by atoms with Gasteiger partial charge in [-0.1, -0.05) is 17.8 Å². The third-order valence-electron chi connectivity index (χ3n) is 3.04. The van der Waals surface area contributed by atoms with Crippen LogP contribution in [0.25, 0.3) is 11.6 Å². The van der Waals surface area contributed by atoms with E-state index in [1.165, 1.54) is 11.8 Å². The van der Waals surface area contributed by atoms with Crippen LogP contribution in [0.1, 0.15) is 12.8 Å². The first-order valence-corrected chi connectivity index (χ1v) is 7.76. The Balaban J connectivity index is 1.71. The highest BCUT2D eigenvalue weighted by Gasteiger charge is 2.23. The quantitative estimate of drug-likeness (QED) is 0.626. The van der Waals surface area contributed by atoms with Crippen molar-refractivity contribution in [2.75, 3.05) is 5.75 Å². The first kappa shape index (κ1) is 13.9. The van der Waals surface area contributed by atoms with Crippen molar-refractivity contribution in [3.05, 3.63) is 31.1 Å². The number of rotatable bonds is 7. The average molecular weight is 304 g/mol. The minimum Gasteiger partial charge on any atom is -0.461 e. The molecule has 3 rings (SSSR count). The Kier molecular flexibility index (Phi) is 4.10. The second kappa shape index (κ2) is 6.17. The van der Waals surface area contributed by atoms with Crippen molar-refractivity contribution in [1.82, 2.24) is 20.1 Å². The highest BCUT2D eigenvalue weighted by Crippen LogP contribution is 2.25. The van der Waals surface area contributed by atoms with E-state index >= 15 is 0 Å². The summed E-state index contributed by atoms with van der Waals surface area (Å²) in [6.07, 6.45) is 5.54. The molecular formula is C14H16N4O2S. The number of carbonyl (C=O) groups excluding carboxylic acids is 1. The number of furan rings is 1. The molecule has 6 nitrogen and oxygen atoms in total. The lowest BCUT2D eigenvalue weighted by molar-refractivity contribution is -0.118. The van der Waals surface area contributed by atoms with Gasteiger partial charge in [-0.3, -0.25) is 9.36 Å². The Bertz CT molecular complexity index is 631. The highest BCUT2D eigenvalue weighted by molar-refractivity contribution is 7.99. The molecule has 0 aliphatic heterocycles. The molecule has 0 unspecified atom stereocenters. The summed E-state index contributed by atoms with van der Waals surface area (Å²) >= 11 is 1.37. The number of allylic oxidation sites excluding steroid dienone is 1. The molecule has 0 bridgehead atoms. The monoisotopic (exact) mass is 304 g/mol. The second-order valence-electron chi connectivity index (χ2n) is 4.81. The molecule has 1 N–H and O–H groups in total. The van der Waals surface area contributed by atoms with Crippen LogP contribution in [0.4, 0.5) is 0 Å². The van der Waals surface area contributed by atoms with Crippen molar-refractivity contribution in [3.63, 3.8) is 0 Å². The molecule has 1 aliphatic rings. The van der Waals surface area contributed by atoms with Gasteiger partial charge in [-0.2, -0.15) is 0 Å². The van der Waals surface area contributed by atoms with Gasteiger partial charge >= 0.3 is 0 Å². The molecule has 0 radical (unpaired) electrons. The minimum absolute atomic E-state index is 0.0372. The summed E-state index contributed by atoms with van der Waals surface area (Å²) in [5.74, 6) is 1.67. The minimum atomic E-state index is 0.0372. The van der Waals surface area contributed by atoms with Crippen molar-refractivity contribution >= 4 is 17.7 Å². The Labute approximate surface area is 126 Å². The fourth-order valence-corrected chi connectivity index (χ4v) is 2.66. The van der Waals surface area contributed by atoms with Crippen LogP contribution in [-0.2, 0) is 11.3 Å². The van der Waals surface area contributed by atoms with Crippen molar-refractivity contribution in [3.8, 4) is 11.6 Å². The van der Waals surface area contributed by atoms with Gasteiger partial charge in [-0.15, -0.1) is 16.8 Å². The summed E-state index contributed by atoms with van der Waals surface area (Å²) in [6, 6.07) is 4.01. The van der Waals surface area contributed by atoms with Crippen LogP contribution in [0.15, 0.2) is 40.6 Å². The molecule has 2 aromatic heterocycles. The number of aromatic nitrogens is 3. The van der Waals surface area contributed by atoms with Crippen molar-refractivity contribution in [1.29, 1.82) is 0 Å². The van der Waals surface area contributed by atoms with E-state index in [0.717, 1.165) is 12.8 Å². The standard InChI is InChI=1S/C14H16N4O2S/c1-2-7-18-13(11-4-3-8-20-11)16-17-14(18)21-9-12(19)15-10-5-6-10/h2-4,8,10H,1,5-7,9H2,(H,15,19). The molecule has 2 heterocycles. The van der Waals surface area contributed by atoms with E-state index in [9.17, 15) is 4.79 Å². The van der Waals surface area contributed by atoms with Crippen LogP contribution in [0, 0.1) is 0 Å². The van der Waals surface area contributed by atoms with E-state index < -0.39 is 0 Å². The Morgan fingerprint density at radius 1 is 1.57 bits per heavy atom. The summed E-state index contributed by atoms with van der Waals surface area (Å²) in [4.78, 5) is 11.7. The van der Waals surface area contributed by atoms with Gasteiger partial charge in [0.1, 0.15) is 0 Å². The molecule has 21 heavy (non-hydrogen) atoms. The van der Waals surface area contributed by atoms with Crippen LogP contribution in [0.3, 0.4) is 0 Å². The number of hydrogen-bond donors (Lipinski definition) is 1. The summed E-state index contributed by atoms with van der Waals surface area (Å²) in [6.45, 7) is 4.31. The third-order valence-corrected chi connectivity index (χ3v) is 4.01. The van der Waals surface area contributed by atoms with Crippen LogP contribution >= 0.6 is 11.8 Å². The fraction of sp³-hybridized carbons (Fsp3) is 0.357. The molecule has 0 spiro atoms. The van der Waals surface area contributed by atoms with Crippen LogP contribution in [-0.4, -0.2) is 32.5 Å². The summed E-state index contributed by atoms with van der Waals surface area (Å²) in [5, 5.41) is 11.9. The van der Waals surface area contributed by atoms with E-state index in [1.54, 1.807) is 18.4 Å². The molecule has 1 saturated carbocycles. The molecule has 1 fully saturated rings. The normalized spacial score (nSPS) is 14.1. The second-order valence-corrected chi connectivity index (χ2v) is 5.76. The molecule has 0 atom stereocenters. The summed E-state index contributed by atoms with van der Waals surface area (Å²) < 4.78 is 7.25. The van der Waals surface area contributed by atoms with Gasteiger partial charge in [0.05, 0.1) is 12.0 Å². The molecule has 1 aliphatic carbocycles. The van der Waals surface area contributed by atoms with Gasteiger partial charge in [0.15, 0.2) is 10.9 Å². The third kappa shape index (κ3) is 3.36. The molecule has 7 heteroatoms. The number of hydrogen-bond acceptors (Lipinski definition) is 5. The fourth-order valence-electron chi connectivity index (χ4n) is 1.90. The highest BCUT2D eigenvalue weighted by atomic mass is 32.2. The first-order chi connectivity index (χ1) is 10.3. The van der Waals surface area contributed by atoms with Gasteiger partial charge in [0.2, 0.25) is 11.7 Å². The predicted octanol–water partition coefficient (Wildman–Crippen LogP) is 2.09. The molecule has 0 aromatic carbocycles. The van der Waals surface area contributed by atoms with Crippen molar-refractivity contribution in [2.45, 2.75) is 30.6 Å². The zero-order valence-corrected chi connectivity index (χ0v) is 12.3. The Morgan fingerprint density at radius 3 is 3.10 bits per heavy atom. The zero-order chi connectivity index (χ0) is 14.7. The smallest absolute Gasteiger partial charge is 0.230 e. The van der Waals surface area contributed by atoms with Crippen molar-refractivity contribution < 1.29 is 9.21 Å². The van der Waals surface area contributed by atoms with Crippen LogP contribution in [0.5, 0.6) is 0 Å². The zero-order valence-electron chi connectivity index (χ0n) is 11.5. The number of amides is 1. The van der Waals surface area contributed by atoms with Gasteiger partial charge in [0, 0.05) is 12.6 Å². The lowest BCUT2D eigenvalue weighted by Crippen LogP contribution is -2.27. The average Bonchev–Trinajstić information content (AvgIpc) is 2.99. The maximum absolute atomic E-state index is 11.7. The first-order valence-electron chi connectivity index (χ1n) is 6.78. The maximum Gasteiger partial charge on any atom is 0.230 e. The van der Waals surface area contributed by atoms with E-state index in [1.807, 2.05) is 10.6 Å². The van der Waals surface area contributed by atoms with E-state index in [0.29, 0.717) is 35.1 Å². The Morgan fingerprint density at radius 2 is 2.43 bits per heavy atom. The number of nitrogens with zero attached hydrogens (tertiary/aromatic N) is 3. The summed E-state index contributed by atoms with van der Waals surface area (Å²) in [7, 11) is 0. The van der Waals surface area contributed by atoms with E-state index in [2.05, 4.69) is 22.1 Å². The van der Waals surface area contributed by atoms with Crippen LogP contribution < -0.4 is 5.32 Å². The molecule has 0 saturated heterocycles.